The molecule has 0 aliphatic heterocycles. The maximum absolute atomic E-state index is 12.2. The van der Waals surface area contributed by atoms with Gasteiger partial charge in [-0.1, -0.05) is 11.3 Å². The molecule has 1 aliphatic carbocycles. The van der Waals surface area contributed by atoms with E-state index in [0.717, 1.165) is 31.2 Å². The molecule has 1 aliphatic rings. The van der Waals surface area contributed by atoms with Crippen molar-refractivity contribution < 1.29 is 18.0 Å². The first kappa shape index (κ1) is 13.9. The molecule has 1 aromatic rings. The first-order valence-corrected chi connectivity index (χ1v) is 6.43. The van der Waals surface area contributed by atoms with Gasteiger partial charge < -0.3 is 16.0 Å². The quantitative estimate of drug-likeness (QED) is 0.890. The molecule has 19 heavy (non-hydrogen) atoms. The largest absolute Gasteiger partial charge is 0.406 e. The van der Waals surface area contributed by atoms with E-state index in [0.29, 0.717) is 16.1 Å². The van der Waals surface area contributed by atoms with Crippen LogP contribution in [0, 0.1) is 0 Å². The molecule has 3 N–H and O–H groups in total. The highest BCUT2D eigenvalue weighted by Crippen LogP contribution is 2.31. The van der Waals surface area contributed by atoms with E-state index >= 15 is 0 Å². The van der Waals surface area contributed by atoms with E-state index in [9.17, 15) is 18.0 Å². The molecule has 0 atom stereocenters. The fourth-order valence-electron chi connectivity index (χ4n) is 1.46. The van der Waals surface area contributed by atoms with Gasteiger partial charge in [0.2, 0.25) is 0 Å². The standard InChI is InChI=1S/C10H13F3N4OS/c1-17(4-10(11,12)13)8(18)6-7(14)16-9(19-6)15-5-2-3-5/h5H,2-4,14H2,1H3,(H,15,16). The smallest absolute Gasteiger partial charge is 0.382 e. The Labute approximate surface area is 111 Å². The van der Waals surface area contributed by atoms with Crippen molar-refractivity contribution in [1.29, 1.82) is 0 Å². The van der Waals surface area contributed by atoms with Crippen molar-refractivity contribution in [3.05, 3.63) is 4.88 Å². The molecule has 106 valence electrons. The Morgan fingerprint density at radius 3 is 2.74 bits per heavy atom. The lowest BCUT2D eigenvalue weighted by Crippen LogP contribution is -2.35. The SMILES string of the molecule is CN(CC(F)(F)F)C(=O)c1sc(NC2CC2)nc1N. The van der Waals surface area contributed by atoms with Gasteiger partial charge in [0.1, 0.15) is 17.2 Å². The number of halogens is 3. The molecule has 1 heterocycles. The molecule has 0 spiro atoms. The topological polar surface area (TPSA) is 71.2 Å². The van der Waals surface area contributed by atoms with Gasteiger partial charge in [0.05, 0.1) is 0 Å². The minimum atomic E-state index is -4.43. The van der Waals surface area contributed by atoms with Crippen LogP contribution in [0.1, 0.15) is 22.5 Å². The van der Waals surface area contributed by atoms with Crippen molar-refractivity contribution in [1.82, 2.24) is 9.88 Å². The molecule has 0 saturated heterocycles. The average molecular weight is 294 g/mol. The summed E-state index contributed by atoms with van der Waals surface area (Å²) in [5.74, 6) is -0.802. The summed E-state index contributed by atoms with van der Waals surface area (Å²) in [4.78, 5) is 16.4. The predicted molar refractivity (Wildman–Crippen MR) is 66.2 cm³/mol. The summed E-state index contributed by atoms with van der Waals surface area (Å²) in [6.45, 7) is -1.31. The minimum Gasteiger partial charge on any atom is -0.382 e. The van der Waals surface area contributed by atoms with Gasteiger partial charge in [-0.2, -0.15) is 13.2 Å². The van der Waals surface area contributed by atoms with Gasteiger partial charge in [0, 0.05) is 13.1 Å². The highest BCUT2D eigenvalue weighted by Gasteiger charge is 2.33. The Morgan fingerprint density at radius 1 is 1.58 bits per heavy atom. The molecule has 1 fully saturated rings. The number of rotatable bonds is 4. The number of anilines is 2. The zero-order chi connectivity index (χ0) is 14.2. The Balaban J connectivity index is 2.07. The van der Waals surface area contributed by atoms with Crippen molar-refractivity contribution >= 4 is 28.2 Å². The van der Waals surface area contributed by atoms with Gasteiger partial charge >= 0.3 is 6.18 Å². The van der Waals surface area contributed by atoms with Crippen molar-refractivity contribution in [2.45, 2.75) is 25.1 Å². The maximum Gasteiger partial charge on any atom is 0.406 e. The summed E-state index contributed by atoms with van der Waals surface area (Å²) in [5, 5.41) is 3.53. The van der Waals surface area contributed by atoms with Crippen LogP contribution in [0.25, 0.3) is 0 Å². The van der Waals surface area contributed by atoms with E-state index in [-0.39, 0.29) is 10.7 Å². The third-order valence-electron chi connectivity index (χ3n) is 2.52. The van der Waals surface area contributed by atoms with Crippen LogP contribution in [0.5, 0.6) is 0 Å². The monoisotopic (exact) mass is 294 g/mol. The average Bonchev–Trinajstić information content (AvgIpc) is 2.98. The normalized spacial score (nSPS) is 15.4. The van der Waals surface area contributed by atoms with Gasteiger partial charge in [-0.05, 0) is 12.8 Å². The summed E-state index contributed by atoms with van der Waals surface area (Å²) < 4.78 is 36.7. The van der Waals surface area contributed by atoms with Crippen LogP contribution in [0.2, 0.25) is 0 Å². The number of amides is 1. The van der Waals surface area contributed by atoms with Crippen LogP contribution in [0.4, 0.5) is 24.1 Å². The number of nitrogen functional groups attached to an aromatic ring is 1. The second-order valence-corrected chi connectivity index (χ2v) is 5.43. The van der Waals surface area contributed by atoms with Crippen LogP contribution >= 0.6 is 11.3 Å². The van der Waals surface area contributed by atoms with E-state index in [1.165, 1.54) is 0 Å². The zero-order valence-corrected chi connectivity index (χ0v) is 10.9. The highest BCUT2D eigenvalue weighted by atomic mass is 32.1. The first-order valence-electron chi connectivity index (χ1n) is 5.61. The highest BCUT2D eigenvalue weighted by molar-refractivity contribution is 7.18. The van der Waals surface area contributed by atoms with Crippen LogP contribution in [0.3, 0.4) is 0 Å². The Bertz CT molecular complexity index is 484. The first-order chi connectivity index (χ1) is 8.76. The lowest BCUT2D eigenvalue weighted by atomic mass is 10.4. The minimum absolute atomic E-state index is 0.0350. The van der Waals surface area contributed by atoms with Gasteiger partial charge in [-0.25, -0.2) is 4.98 Å². The molecule has 2 rings (SSSR count). The lowest BCUT2D eigenvalue weighted by Gasteiger charge is -2.17. The molecule has 5 nitrogen and oxygen atoms in total. The Morgan fingerprint density at radius 2 is 2.21 bits per heavy atom. The summed E-state index contributed by atoms with van der Waals surface area (Å²) in [7, 11) is 1.09. The molecule has 1 aromatic heterocycles. The number of hydrogen-bond donors (Lipinski definition) is 2. The van der Waals surface area contributed by atoms with E-state index in [2.05, 4.69) is 10.3 Å². The fraction of sp³-hybridized carbons (Fsp3) is 0.600. The molecule has 1 saturated carbocycles. The molecular weight excluding hydrogens is 281 g/mol. The number of nitrogens with two attached hydrogens (primary N) is 1. The Hall–Kier alpha value is -1.51. The third kappa shape index (κ3) is 3.72. The van der Waals surface area contributed by atoms with E-state index in [4.69, 9.17) is 5.73 Å². The fourth-order valence-corrected chi connectivity index (χ4v) is 2.42. The summed E-state index contributed by atoms with van der Waals surface area (Å²) in [6, 6.07) is 0.335. The van der Waals surface area contributed by atoms with Gasteiger partial charge in [0.25, 0.3) is 5.91 Å². The van der Waals surface area contributed by atoms with Crippen LogP contribution in [-0.2, 0) is 0 Å². The number of nitrogens with zero attached hydrogens (tertiary/aromatic N) is 2. The Kier molecular flexibility index (Phi) is 3.57. The summed E-state index contributed by atoms with van der Waals surface area (Å²) in [6.07, 6.45) is -2.38. The van der Waals surface area contributed by atoms with Crippen molar-refractivity contribution in [2.24, 2.45) is 0 Å². The van der Waals surface area contributed by atoms with Crippen molar-refractivity contribution in [3.63, 3.8) is 0 Å². The number of hydrogen-bond acceptors (Lipinski definition) is 5. The molecule has 0 bridgehead atoms. The number of thiazole rings is 1. The van der Waals surface area contributed by atoms with Crippen LogP contribution in [0.15, 0.2) is 0 Å². The summed E-state index contributed by atoms with van der Waals surface area (Å²) >= 11 is 0.984. The number of carbonyl (C=O) groups is 1. The number of carbonyl (C=O) groups excluding carboxylic acids is 1. The maximum atomic E-state index is 12.2. The number of aromatic nitrogens is 1. The number of nitrogens with one attached hydrogen (secondary N) is 1. The summed E-state index contributed by atoms with van der Waals surface area (Å²) in [5.41, 5.74) is 5.57. The van der Waals surface area contributed by atoms with Crippen LogP contribution in [-0.4, -0.2) is 41.6 Å². The van der Waals surface area contributed by atoms with Gasteiger partial charge in [-0.3, -0.25) is 4.79 Å². The van der Waals surface area contributed by atoms with Crippen molar-refractivity contribution in [2.75, 3.05) is 24.6 Å². The molecular formula is C10H13F3N4OS. The van der Waals surface area contributed by atoms with E-state index in [1.54, 1.807) is 0 Å². The van der Waals surface area contributed by atoms with Crippen molar-refractivity contribution in [3.8, 4) is 0 Å². The number of alkyl halides is 3. The van der Waals surface area contributed by atoms with Crippen LogP contribution < -0.4 is 11.1 Å². The molecule has 0 aromatic carbocycles. The second-order valence-electron chi connectivity index (χ2n) is 4.43. The molecule has 9 heteroatoms. The van der Waals surface area contributed by atoms with Gasteiger partial charge in [-0.15, -0.1) is 0 Å². The molecule has 0 radical (unpaired) electrons. The van der Waals surface area contributed by atoms with Gasteiger partial charge in [0.15, 0.2) is 5.13 Å². The second kappa shape index (κ2) is 4.87. The lowest BCUT2D eigenvalue weighted by molar-refractivity contribution is -0.138. The molecule has 1 amide bonds. The molecule has 0 unspecified atom stereocenters. The zero-order valence-electron chi connectivity index (χ0n) is 10.1. The predicted octanol–water partition coefficient (Wildman–Crippen LogP) is 1.93. The third-order valence-corrected chi connectivity index (χ3v) is 3.51. The van der Waals surface area contributed by atoms with E-state index < -0.39 is 18.6 Å². The van der Waals surface area contributed by atoms with E-state index in [1.807, 2.05) is 0 Å².